The van der Waals surface area contributed by atoms with E-state index in [0.717, 1.165) is 5.56 Å². The maximum atomic E-state index is 12.8. The molecule has 0 aliphatic carbocycles. The van der Waals surface area contributed by atoms with E-state index >= 15 is 0 Å². The molecule has 0 fully saturated rings. The number of carbonyl (C=O) groups is 2. The molecular weight excluding hydrogens is 376 g/mol. The minimum atomic E-state index is -0.708. The molecule has 4 aromatic rings. The van der Waals surface area contributed by atoms with Crippen molar-refractivity contribution in [2.24, 2.45) is 0 Å². The summed E-state index contributed by atoms with van der Waals surface area (Å²) in [6, 6.07) is 14.2. The second kappa shape index (κ2) is 7.62. The Hall–Kier alpha value is -3.51. The first-order chi connectivity index (χ1) is 13.6. The summed E-state index contributed by atoms with van der Waals surface area (Å²) < 4.78 is 1.85. The Bertz CT molecular complexity index is 1150. The number of hydrogen-bond acceptors (Lipinski definition) is 4. The highest BCUT2D eigenvalue weighted by atomic mass is 35.5. The molecule has 0 aliphatic rings. The molecule has 4 rings (SSSR count). The minimum Gasteiger partial charge on any atom is -0.327 e. The summed E-state index contributed by atoms with van der Waals surface area (Å²) in [5, 5.41) is 3.88. The van der Waals surface area contributed by atoms with Crippen molar-refractivity contribution in [3.05, 3.63) is 89.5 Å². The first-order valence-corrected chi connectivity index (χ1v) is 8.93. The van der Waals surface area contributed by atoms with Gasteiger partial charge in [-0.3, -0.25) is 14.6 Å². The van der Waals surface area contributed by atoms with Crippen LogP contribution in [0.15, 0.2) is 73.3 Å². The predicted octanol–water partition coefficient (Wildman–Crippen LogP) is 3.95. The predicted molar refractivity (Wildman–Crippen MR) is 107 cm³/mol. The van der Waals surface area contributed by atoms with Crippen molar-refractivity contribution >= 4 is 40.0 Å². The van der Waals surface area contributed by atoms with Gasteiger partial charge in [-0.1, -0.05) is 23.7 Å². The molecule has 1 N–H and O–H groups in total. The minimum absolute atomic E-state index is 0.309. The molecule has 0 saturated heterocycles. The largest absolute Gasteiger partial charge is 0.327 e. The van der Waals surface area contributed by atoms with Gasteiger partial charge in [0.1, 0.15) is 5.65 Å². The Morgan fingerprint density at radius 3 is 2.50 bits per heavy atom. The van der Waals surface area contributed by atoms with Crippen LogP contribution in [0.3, 0.4) is 0 Å². The molecule has 1 amide bonds. The number of anilines is 1. The van der Waals surface area contributed by atoms with E-state index in [-0.39, 0.29) is 0 Å². The summed E-state index contributed by atoms with van der Waals surface area (Å²) in [5.74, 6) is -1.33. The third kappa shape index (κ3) is 3.63. The summed E-state index contributed by atoms with van der Waals surface area (Å²) in [6.45, 7) is 0.504. The third-order valence-electron chi connectivity index (χ3n) is 4.29. The normalized spacial score (nSPS) is 10.8. The molecule has 0 spiro atoms. The van der Waals surface area contributed by atoms with Crippen LogP contribution in [0.4, 0.5) is 5.69 Å². The fourth-order valence-electron chi connectivity index (χ4n) is 2.96. The van der Waals surface area contributed by atoms with Gasteiger partial charge >= 0.3 is 0 Å². The van der Waals surface area contributed by atoms with Crippen LogP contribution < -0.4 is 5.32 Å². The lowest BCUT2D eigenvalue weighted by Gasteiger charge is -2.05. The molecule has 28 heavy (non-hydrogen) atoms. The summed E-state index contributed by atoms with van der Waals surface area (Å²) in [6.07, 6.45) is 6.41. The number of amides is 1. The van der Waals surface area contributed by atoms with Crippen molar-refractivity contribution in [3.63, 3.8) is 0 Å². The zero-order valence-corrected chi connectivity index (χ0v) is 15.4. The lowest BCUT2D eigenvalue weighted by molar-refractivity contribution is -0.112. The zero-order valence-electron chi connectivity index (χ0n) is 14.7. The molecule has 3 heterocycles. The highest BCUT2D eigenvalue weighted by molar-refractivity contribution is 6.48. The lowest BCUT2D eigenvalue weighted by Crippen LogP contribution is -2.22. The number of rotatable bonds is 5. The first-order valence-electron chi connectivity index (χ1n) is 8.56. The van der Waals surface area contributed by atoms with E-state index in [1.54, 1.807) is 49.1 Å². The molecule has 0 unspecified atom stereocenters. The van der Waals surface area contributed by atoms with E-state index in [4.69, 9.17) is 11.6 Å². The summed E-state index contributed by atoms with van der Waals surface area (Å²) in [7, 11) is 0. The van der Waals surface area contributed by atoms with E-state index in [0.29, 0.717) is 33.9 Å². The van der Waals surface area contributed by atoms with Gasteiger partial charge in [-0.05, 0) is 42.0 Å². The summed E-state index contributed by atoms with van der Waals surface area (Å²) in [4.78, 5) is 33.5. The molecule has 0 saturated carbocycles. The molecule has 0 radical (unpaired) electrons. The smallest absolute Gasteiger partial charge is 0.296 e. The van der Waals surface area contributed by atoms with Crippen molar-refractivity contribution < 1.29 is 9.59 Å². The first kappa shape index (κ1) is 17.9. The Labute approximate surface area is 165 Å². The van der Waals surface area contributed by atoms with Crippen LogP contribution in [0.2, 0.25) is 5.02 Å². The van der Waals surface area contributed by atoms with Crippen molar-refractivity contribution in [3.8, 4) is 0 Å². The van der Waals surface area contributed by atoms with Crippen LogP contribution >= 0.6 is 11.6 Å². The lowest BCUT2D eigenvalue weighted by atomic mass is 10.1. The Morgan fingerprint density at radius 1 is 1.00 bits per heavy atom. The molecule has 7 heteroatoms. The number of nitrogens with one attached hydrogen (secondary N) is 1. The molecule has 0 bridgehead atoms. The van der Waals surface area contributed by atoms with Gasteiger partial charge in [0.2, 0.25) is 0 Å². The number of halogens is 1. The fourth-order valence-corrected chi connectivity index (χ4v) is 3.08. The average molecular weight is 391 g/mol. The molecule has 3 aromatic heterocycles. The van der Waals surface area contributed by atoms with Crippen molar-refractivity contribution in [1.29, 1.82) is 0 Å². The maximum absolute atomic E-state index is 12.8. The van der Waals surface area contributed by atoms with Crippen LogP contribution in [0.25, 0.3) is 11.0 Å². The van der Waals surface area contributed by atoms with E-state index < -0.39 is 11.7 Å². The Kier molecular flexibility index (Phi) is 4.87. The number of carbonyl (C=O) groups excluding carboxylic acids is 2. The molecule has 1 aromatic carbocycles. The standard InChI is InChI=1S/C21H15ClN4O2/c22-15-5-3-14(4-6-15)12-26-13-18(17-2-1-9-24-20(17)26)19(27)21(28)25-16-7-10-23-11-8-16/h1-11,13H,12H2,(H,23,25,28). The van der Waals surface area contributed by atoms with Crippen LogP contribution in [0.5, 0.6) is 0 Å². The van der Waals surface area contributed by atoms with Crippen molar-refractivity contribution in [2.45, 2.75) is 6.54 Å². The highest BCUT2D eigenvalue weighted by Gasteiger charge is 2.22. The Balaban J connectivity index is 1.66. The highest BCUT2D eigenvalue weighted by Crippen LogP contribution is 2.22. The van der Waals surface area contributed by atoms with E-state index in [1.165, 1.54) is 0 Å². The fraction of sp³-hybridized carbons (Fsp3) is 0.0476. The Morgan fingerprint density at radius 2 is 1.75 bits per heavy atom. The quantitative estimate of drug-likeness (QED) is 0.413. The molecule has 138 valence electrons. The topological polar surface area (TPSA) is 76.9 Å². The monoisotopic (exact) mass is 390 g/mol. The molecule has 0 aliphatic heterocycles. The third-order valence-corrected chi connectivity index (χ3v) is 4.54. The number of ketones is 1. The van der Waals surface area contributed by atoms with Crippen LogP contribution in [0.1, 0.15) is 15.9 Å². The number of benzene rings is 1. The number of pyridine rings is 2. The van der Waals surface area contributed by atoms with E-state index in [1.807, 2.05) is 28.8 Å². The molecule has 0 atom stereocenters. The number of fused-ring (bicyclic) bond motifs is 1. The van der Waals surface area contributed by atoms with Gasteiger partial charge in [-0.2, -0.15) is 0 Å². The molecular formula is C21H15ClN4O2. The van der Waals surface area contributed by atoms with Gasteiger partial charge < -0.3 is 9.88 Å². The number of nitrogens with zero attached hydrogens (tertiary/aromatic N) is 3. The van der Waals surface area contributed by atoms with Crippen molar-refractivity contribution in [2.75, 3.05) is 5.32 Å². The molecule has 6 nitrogen and oxygen atoms in total. The maximum Gasteiger partial charge on any atom is 0.296 e. The second-order valence-electron chi connectivity index (χ2n) is 6.19. The van der Waals surface area contributed by atoms with Crippen LogP contribution in [-0.4, -0.2) is 26.2 Å². The van der Waals surface area contributed by atoms with Gasteiger partial charge in [0, 0.05) is 47.4 Å². The zero-order chi connectivity index (χ0) is 19.5. The summed E-state index contributed by atoms with van der Waals surface area (Å²) >= 11 is 5.94. The summed E-state index contributed by atoms with van der Waals surface area (Å²) in [5.41, 5.74) is 2.46. The van der Waals surface area contributed by atoms with E-state index in [9.17, 15) is 9.59 Å². The second-order valence-corrected chi connectivity index (χ2v) is 6.63. The van der Waals surface area contributed by atoms with Gasteiger partial charge in [0.05, 0.1) is 5.56 Å². The van der Waals surface area contributed by atoms with Gasteiger partial charge in [-0.25, -0.2) is 4.98 Å². The SMILES string of the molecule is O=C(Nc1ccncc1)C(=O)c1cn(Cc2ccc(Cl)cc2)c2ncccc12. The number of Topliss-reactive ketones (excluding diaryl/α,β-unsaturated/α-hetero) is 1. The van der Waals surface area contributed by atoms with E-state index in [2.05, 4.69) is 15.3 Å². The number of hydrogen-bond donors (Lipinski definition) is 1. The number of aromatic nitrogens is 3. The van der Waals surface area contributed by atoms with Gasteiger partial charge in [0.15, 0.2) is 0 Å². The van der Waals surface area contributed by atoms with Crippen LogP contribution in [-0.2, 0) is 11.3 Å². The van der Waals surface area contributed by atoms with Gasteiger partial charge in [-0.15, -0.1) is 0 Å². The van der Waals surface area contributed by atoms with Gasteiger partial charge in [0.25, 0.3) is 11.7 Å². The average Bonchev–Trinajstić information content (AvgIpc) is 3.08. The van der Waals surface area contributed by atoms with Crippen molar-refractivity contribution in [1.82, 2.24) is 14.5 Å². The van der Waals surface area contributed by atoms with Crippen LogP contribution in [0, 0.1) is 0 Å².